The largest absolute Gasteiger partial charge is 0.438 e. The number of hydrogen-bond donors (Lipinski definition) is 0. The zero-order chi connectivity index (χ0) is 14.7. The maximum Gasteiger partial charge on any atom is 0.311 e. The summed E-state index contributed by atoms with van der Waals surface area (Å²) in [6.07, 6.45) is 13.8. The Labute approximate surface area is 132 Å². The lowest BCUT2D eigenvalue weighted by atomic mass is 9.55. The highest BCUT2D eigenvalue weighted by atomic mass is 16.7. The van der Waals surface area contributed by atoms with E-state index in [1.54, 1.807) is 0 Å². The molecule has 3 atom stereocenters. The molecule has 0 N–H and O–H groups in total. The van der Waals surface area contributed by atoms with Gasteiger partial charge in [0.2, 0.25) is 0 Å². The van der Waals surface area contributed by atoms with E-state index in [1.165, 1.54) is 32.1 Å². The first-order chi connectivity index (χ1) is 10.8. The third-order valence-electron chi connectivity index (χ3n) is 7.18. The molecule has 0 aliphatic heterocycles. The molecule has 3 nitrogen and oxygen atoms in total. The van der Waals surface area contributed by atoms with Crippen molar-refractivity contribution in [2.75, 3.05) is 6.79 Å². The average Bonchev–Trinajstić information content (AvgIpc) is 3.12. The molecule has 0 amide bonds. The summed E-state index contributed by atoms with van der Waals surface area (Å²) in [6.45, 7) is 0.184. The highest BCUT2D eigenvalue weighted by molar-refractivity contribution is 5.74. The zero-order valence-corrected chi connectivity index (χ0v) is 13.2. The molecule has 0 aromatic carbocycles. The van der Waals surface area contributed by atoms with Crippen LogP contribution in [-0.2, 0) is 14.3 Å². The predicted octanol–water partition coefficient (Wildman–Crippen LogP) is 3.54. The van der Waals surface area contributed by atoms with Gasteiger partial charge in [-0.2, -0.15) is 0 Å². The fourth-order valence-electron chi connectivity index (χ4n) is 6.48. The van der Waals surface area contributed by atoms with E-state index in [0.717, 1.165) is 36.5 Å². The van der Waals surface area contributed by atoms with Gasteiger partial charge in [-0.15, -0.1) is 0 Å². The van der Waals surface area contributed by atoms with Gasteiger partial charge in [0.25, 0.3) is 0 Å². The topological polar surface area (TPSA) is 35.5 Å². The molecule has 120 valence electrons. The van der Waals surface area contributed by atoms with Crippen molar-refractivity contribution >= 4 is 5.97 Å². The minimum absolute atomic E-state index is 0.0272. The Morgan fingerprint density at radius 1 is 0.909 bits per heavy atom. The molecule has 6 aliphatic carbocycles. The zero-order valence-electron chi connectivity index (χ0n) is 13.2. The van der Waals surface area contributed by atoms with Crippen LogP contribution in [0.25, 0.3) is 0 Å². The molecule has 6 aliphatic rings. The van der Waals surface area contributed by atoms with Gasteiger partial charge in [-0.25, -0.2) is 0 Å². The van der Waals surface area contributed by atoms with Crippen molar-refractivity contribution in [1.82, 2.24) is 0 Å². The SMILES string of the molecule is O=C(OCOC1C2CC3CC(C2)CC1C3)C1CC2C=CC1C2. The van der Waals surface area contributed by atoms with Crippen molar-refractivity contribution < 1.29 is 14.3 Å². The second-order valence-corrected chi connectivity index (χ2v) is 8.53. The molecule has 0 aromatic heterocycles. The Balaban J connectivity index is 1.14. The van der Waals surface area contributed by atoms with Crippen molar-refractivity contribution in [1.29, 1.82) is 0 Å². The van der Waals surface area contributed by atoms with Gasteiger partial charge in [-0.05, 0) is 80.5 Å². The minimum Gasteiger partial charge on any atom is -0.438 e. The summed E-state index contributed by atoms with van der Waals surface area (Å²) in [5.74, 6) is 4.52. The Bertz CT molecular complexity index is 469. The maximum atomic E-state index is 12.2. The number of fused-ring (bicyclic) bond motifs is 2. The lowest BCUT2D eigenvalue weighted by molar-refractivity contribution is -0.190. The molecule has 0 saturated heterocycles. The molecule has 3 heteroatoms. The van der Waals surface area contributed by atoms with Gasteiger partial charge >= 0.3 is 5.97 Å². The fraction of sp³-hybridized carbons (Fsp3) is 0.842. The van der Waals surface area contributed by atoms with Gasteiger partial charge in [0.05, 0.1) is 12.0 Å². The number of hydrogen-bond acceptors (Lipinski definition) is 3. The first-order valence-electron chi connectivity index (χ1n) is 9.23. The molecule has 3 unspecified atom stereocenters. The van der Waals surface area contributed by atoms with Crippen LogP contribution in [0.2, 0.25) is 0 Å². The first-order valence-corrected chi connectivity index (χ1v) is 9.23. The highest BCUT2D eigenvalue weighted by Gasteiger charge is 2.49. The fourth-order valence-corrected chi connectivity index (χ4v) is 6.48. The van der Waals surface area contributed by atoms with Crippen LogP contribution in [0.3, 0.4) is 0 Å². The van der Waals surface area contributed by atoms with E-state index in [2.05, 4.69) is 12.2 Å². The normalized spacial score (nSPS) is 50.7. The molecule has 0 spiro atoms. The summed E-state index contributed by atoms with van der Waals surface area (Å²) in [7, 11) is 0. The van der Waals surface area contributed by atoms with Gasteiger partial charge in [0, 0.05) is 0 Å². The van der Waals surface area contributed by atoms with Gasteiger partial charge in [-0.1, -0.05) is 12.2 Å². The van der Waals surface area contributed by atoms with Crippen molar-refractivity contribution in [3.63, 3.8) is 0 Å². The van der Waals surface area contributed by atoms with E-state index in [-0.39, 0.29) is 18.7 Å². The lowest BCUT2D eigenvalue weighted by Gasteiger charge is -2.53. The average molecular weight is 302 g/mol. The number of ether oxygens (including phenoxy) is 2. The van der Waals surface area contributed by atoms with Crippen molar-refractivity contribution in [2.24, 2.45) is 41.4 Å². The predicted molar refractivity (Wildman–Crippen MR) is 81.7 cm³/mol. The van der Waals surface area contributed by atoms with E-state index in [0.29, 0.717) is 17.9 Å². The summed E-state index contributed by atoms with van der Waals surface area (Å²) in [4.78, 5) is 12.2. The number of carbonyl (C=O) groups is 1. The highest BCUT2D eigenvalue weighted by Crippen LogP contribution is 2.54. The first kappa shape index (κ1) is 13.6. The second-order valence-electron chi connectivity index (χ2n) is 8.53. The lowest BCUT2D eigenvalue weighted by Crippen LogP contribution is -2.49. The van der Waals surface area contributed by atoms with Crippen LogP contribution in [0, 0.1) is 41.4 Å². The molecular weight excluding hydrogens is 276 g/mol. The Morgan fingerprint density at radius 2 is 1.64 bits per heavy atom. The van der Waals surface area contributed by atoms with Crippen LogP contribution in [-0.4, -0.2) is 18.9 Å². The van der Waals surface area contributed by atoms with Crippen molar-refractivity contribution in [3.05, 3.63) is 12.2 Å². The van der Waals surface area contributed by atoms with Crippen molar-refractivity contribution in [2.45, 2.75) is 51.0 Å². The molecule has 6 bridgehead atoms. The van der Waals surface area contributed by atoms with Crippen LogP contribution in [0.1, 0.15) is 44.9 Å². The monoisotopic (exact) mass is 302 g/mol. The van der Waals surface area contributed by atoms with Crippen LogP contribution in [0.15, 0.2) is 12.2 Å². The molecule has 5 saturated carbocycles. The standard InChI is InChI=1S/C19H26O3/c20-19(17-9-11-1-2-14(17)4-11)22-10-21-18-15-5-12-3-13(7-15)8-16(18)6-12/h1-2,11-18H,3-10H2. The molecule has 0 radical (unpaired) electrons. The van der Waals surface area contributed by atoms with E-state index in [4.69, 9.17) is 9.47 Å². The number of carbonyl (C=O) groups excluding carboxylic acids is 1. The van der Waals surface area contributed by atoms with Gasteiger partial charge in [-0.3, -0.25) is 4.79 Å². The Hall–Kier alpha value is -0.830. The minimum atomic E-state index is -0.0272. The Morgan fingerprint density at radius 3 is 2.23 bits per heavy atom. The Kier molecular flexibility index (Phi) is 3.14. The number of esters is 1. The van der Waals surface area contributed by atoms with E-state index < -0.39 is 0 Å². The molecule has 0 heterocycles. The molecular formula is C19H26O3. The summed E-state index contributed by atoms with van der Waals surface area (Å²) >= 11 is 0. The summed E-state index contributed by atoms with van der Waals surface area (Å²) < 4.78 is 11.6. The smallest absolute Gasteiger partial charge is 0.311 e. The summed E-state index contributed by atoms with van der Waals surface area (Å²) in [5.41, 5.74) is 0. The summed E-state index contributed by atoms with van der Waals surface area (Å²) in [6, 6.07) is 0. The van der Waals surface area contributed by atoms with E-state index in [9.17, 15) is 4.79 Å². The molecule has 22 heavy (non-hydrogen) atoms. The van der Waals surface area contributed by atoms with Gasteiger partial charge < -0.3 is 9.47 Å². The van der Waals surface area contributed by atoms with Crippen molar-refractivity contribution in [3.8, 4) is 0 Å². The van der Waals surface area contributed by atoms with Crippen LogP contribution >= 0.6 is 0 Å². The third kappa shape index (κ3) is 2.16. The van der Waals surface area contributed by atoms with Crippen LogP contribution in [0.5, 0.6) is 0 Å². The van der Waals surface area contributed by atoms with E-state index >= 15 is 0 Å². The van der Waals surface area contributed by atoms with E-state index in [1.807, 2.05) is 0 Å². The van der Waals surface area contributed by atoms with Gasteiger partial charge in [0.1, 0.15) is 0 Å². The maximum absolute atomic E-state index is 12.2. The molecule has 0 aromatic rings. The second kappa shape index (κ2) is 5.09. The van der Waals surface area contributed by atoms with Crippen LogP contribution in [0.4, 0.5) is 0 Å². The number of allylic oxidation sites excluding steroid dienone is 2. The van der Waals surface area contributed by atoms with Gasteiger partial charge in [0.15, 0.2) is 6.79 Å². The quantitative estimate of drug-likeness (QED) is 0.453. The molecule has 5 fully saturated rings. The summed E-state index contributed by atoms with van der Waals surface area (Å²) in [5, 5.41) is 0. The molecule has 6 rings (SSSR count). The number of rotatable bonds is 4. The third-order valence-corrected chi connectivity index (χ3v) is 7.18. The van der Waals surface area contributed by atoms with Crippen LogP contribution < -0.4 is 0 Å².